The lowest BCUT2D eigenvalue weighted by molar-refractivity contribution is 0.0734. The van der Waals surface area contributed by atoms with Crippen molar-refractivity contribution >= 4 is 17.1 Å². The zero-order chi connectivity index (χ0) is 17.4. The first kappa shape index (κ1) is 15.7. The zero-order valence-corrected chi connectivity index (χ0v) is 13.9. The number of aromatic nitrogens is 2. The lowest BCUT2D eigenvalue weighted by Crippen LogP contribution is -2.35. The number of pyridine rings is 1. The molecule has 0 N–H and O–H groups in total. The Hall–Kier alpha value is -2.76. The summed E-state index contributed by atoms with van der Waals surface area (Å²) in [5, 5.41) is 0. The molecule has 0 radical (unpaired) electrons. The van der Waals surface area contributed by atoms with Crippen molar-refractivity contribution in [3.8, 4) is 11.5 Å². The molecule has 128 valence electrons. The van der Waals surface area contributed by atoms with Gasteiger partial charge in [-0.2, -0.15) is 4.98 Å². The van der Waals surface area contributed by atoms with Crippen LogP contribution in [0.15, 0.2) is 40.9 Å². The van der Waals surface area contributed by atoms with E-state index in [4.69, 9.17) is 4.42 Å². The van der Waals surface area contributed by atoms with Crippen LogP contribution < -0.4 is 0 Å². The van der Waals surface area contributed by atoms with E-state index in [1.54, 1.807) is 36.3 Å². The second-order valence-electron chi connectivity index (χ2n) is 6.39. The second kappa shape index (κ2) is 6.27. The molecular weight excluding hydrogens is 321 g/mol. The highest BCUT2D eigenvalue weighted by Gasteiger charge is 2.25. The van der Waals surface area contributed by atoms with Crippen LogP contribution in [0.2, 0.25) is 0 Å². The molecule has 1 aliphatic carbocycles. The lowest BCUT2D eigenvalue weighted by Gasteiger charge is -2.24. The van der Waals surface area contributed by atoms with E-state index in [0.29, 0.717) is 16.8 Å². The van der Waals surface area contributed by atoms with E-state index >= 15 is 0 Å². The first-order chi connectivity index (χ1) is 12.1. The van der Waals surface area contributed by atoms with E-state index in [2.05, 4.69) is 9.97 Å². The van der Waals surface area contributed by atoms with Gasteiger partial charge in [-0.3, -0.25) is 4.79 Å². The molecular formula is C19H18FN3O2. The Morgan fingerprint density at radius 2 is 2.08 bits per heavy atom. The molecule has 3 aromatic rings. The molecule has 0 atom stereocenters. The maximum Gasteiger partial charge on any atom is 0.253 e. The molecule has 0 spiro atoms. The molecule has 4 rings (SSSR count). The normalized spacial score (nSPS) is 15.0. The van der Waals surface area contributed by atoms with E-state index in [-0.39, 0.29) is 23.4 Å². The van der Waals surface area contributed by atoms with Crippen LogP contribution in [0.1, 0.15) is 36.0 Å². The minimum absolute atomic E-state index is 0.156. The van der Waals surface area contributed by atoms with Crippen LogP contribution in [-0.4, -0.2) is 33.9 Å². The third kappa shape index (κ3) is 2.88. The van der Waals surface area contributed by atoms with Gasteiger partial charge in [0.05, 0.1) is 5.56 Å². The molecule has 0 aliphatic heterocycles. The van der Waals surface area contributed by atoms with Crippen molar-refractivity contribution in [1.29, 1.82) is 0 Å². The van der Waals surface area contributed by atoms with Crippen molar-refractivity contribution in [1.82, 2.24) is 14.9 Å². The number of oxazole rings is 1. The van der Waals surface area contributed by atoms with Gasteiger partial charge >= 0.3 is 0 Å². The summed E-state index contributed by atoms with van der Waals surface area (Å²) in [6, 6.07) is 8.12. The Bertz CT molecular complexity index is 898. The van der Waals surface area contributed by atoms with Gasteiger partial charge in [-0.25, -0.2) is 9.37 Å². The predicted molar refractivity (Wildman–Crippen MR) is 91.5 cm³/mol. The van der Waals surface area contributed by atoms with Crippen LogP contribution in [0.5, 0.6) is 0 Å². The van der Waals surface area contributed by atoms with E-state index < -0.39 is 5.82 Å². The molecule has 0 unspecified atom stereocenters. The number of carbonyl (C=O) groups is 1. The third-order valence-corrected chi connectivity index (χ3v) is 4.80. The Labute approximate surface area is 144 Å². The Balaban J connectivity index is 1.63. The number of fused-ring (bicyclic) bond motifs is 1. The molecule has 1 aliphatic rings. The van der Waals surface area contributed by atoms with Gasteiger partial charge in [0.25, 0.3) is 5.91 Å². The first-order valence-electron chi connectivity index (χ1n) is 8.42. The topological polar surface area (TPSA) is 59.2 Å². The number of amides is 1. The highest BCUT2D eigenvalue weighted by Crippen LogP contribution is 2.28. The van der Waals surface area contributed by atoms with Crippen molar-refractivity contribution < 1.29 is 13.6 Å². The van der Waals surface area contributed by atoms with E-state index in [1.807, 2.05) is 0 Å². The second-order valence-corrected chi connectivity index (χ2v) is 6.39. The van der Waals surface area contributed by atoms with Gasteiger partial charge in [-0.1, -0.05) is 12.8 Å². The van der Waals surface area contributed by atoms with E-state index in [1.165, 1.54) is 12.1 Å². The summed E-state index contributed by atoms with van der Waals surface area (Å²) < 4.78 is 20.1. The fraction of sp³-hybridized carbons (Fsp3) is 0.316. The summed E-state index contributed by atoms with van der Waals surface area (Å²) in [4.78, 5) is 22.6. The predicted octanol–water partition coefficient (Wildman–Crippen LogP) is 4.04. The number of hydrogen-bond acceptors (Lipinski definition) is 4. The smallest absolute Gasteiger partial charge is 0.253 e. The fourth-order valence-electron chi connectivity index (χ4n) is 3.37. The Morgan fingerprint density at radius 1 is 1.28 bits per heavy atom. The number of carbonyl (C=O) groups excluding carboxylic acids is 1. The van der Waals surface area contributed by atoms with E-state index in [9.17, 15) is 9.18 Å². The summed E-state index contributed by atoms with van der Waals surface area (Å²) in [7, 11) is 1.79. The van der Waals surface area contributed by atoms with Gasteiger partial charge in [0.15, 0.2) is 11.2 Å². The number of halogens is 1. The molecule has 2 aromatic heterocycles. The molecule has 1 aromatic carbocycles. The quantitative estimate of drug-likeness (QED) is 0.722. The summed E-state index contributed by atoms with van der Waals surface area (Å²) in [5.74, 6) is -0.525. The van der Waals surface area contributed by atoms with E-state index in [0.717, 1.165) is 25.7 Å². The highest BCUT2D eigenvalue weighted by atomic mass is 19.1. The van der Waals surface area contributed by atoms with Crippen molar-refractivity contribution in [3.05, 3.63) is 47.9 Å². The van der Waals surface area contributed by atoms with Gasteiger partial charge in [0, 0.05) is 24.8 Å². The molecule has 0 saturated heterocycles. The number of nitrogens with zero attached hydrogens (tertiary/aromatic N) is 3. The van der Waals surface area contributed by atoms with Crippen LogP contribution in [0, 0.1) is 5.82 Å². The molecule has 25 heavy (non-hydrogen) atoms. The Morgan fingerprint density at radius 3 is 2.80 bits per heavy atom. The summed E-state index contributed by atoms with van der Waals surface area (Å²) in [6.07, 6.45) is 5.91. The van der Waals surface area contributed by atoms with Crippen LogP contribution in [0.25, 0.3) is 22.7 Å². The molecule has 0 bridgehead atoms. The largest absolute Gasteiger partial charge is 0.434 e. The van der Waals surface area contributed by atoms with Crippen molar-refractivity contribution in [2.24, 2.45) is 0 Å². The number of rotatable bonds is 3. The molecule has 5 nitrogen and oxygen atoms in total. The zero-order valence-electron chi connectivity index (χ0n) is 13.9. The minimum Gasteiger partial charge on any atom is -0.434 e. The van der Waals surface area contributed by atoms with Crippen LogP contribution in [0.4, 0.5) is 4.39 Å². The molecule has 1 saturated carbocycles. The van der Waals surface area contributed by atoms with Gasteiger partial charge in [0.2, 0.25) is 5.89 Å². The molecule has 6 heteroatoms. The standard InChI is InChI=1S/C19H18FN3O2/c1-23(13-5-2-3-6-13)19(24)12-8-9-14(15(20)11-12)18-22-17-16(25-18)7-4-10-21-17/h4,7-11,13H,2-3,5-6H2,1H3. The van der Waals surface area contributed by atoms with Gasteiger partial charge in [-0.05, 0) is 43.2 Å². The Kier molecular flexibility index (Phi) is 3.95. The van der Waals surface area contributed by atoms with Crippen LogP contribution in [-0.2, 0) is 0 Å². The van der Waals surface area contributed by atoms with Crippen molar-refractivity contribution in [2.75, 3.05) is 7.05 Å². The maximum absolute atomic E-state index is 14.6. The van der Waals surface area contributed by atoms with Crippen LogP contribution in [0.3, 0.4) is 0 Å². The summed E-state index contributed by atoms with van der Waals surface area (Å²) >= 11 is 0. The highest BCUT2D eigenvalue weighted by molar-refractivity contribution is 5.94. The molecule has 1 fully saturated rings. The third-order valence-electron chi connectivity index (χ3n) is 4.80. The minimum atomic E-state index is -0.530. The summed E-state index contributed by atoms with van der Waals surface area (Å²) in [6.45, 7) is 0. The number of benzene rings is 1. The average molecular weight is 339 g/mol. The van der Waals surface area contributed by atoms with Gasteiger partial charge in [0.1, 0.15) is 5.82 Å². The van der Waals surface area contributed by atoms with Gasteiger partial charge < -0.3 is 9.32 Å². The lowest BCUT2D eigenvalue weighted by atomic mass is 10.1. The summed E-state index contributed by atoms with van der Waals surface area (Å²) in [5.41, 5.74) is 1.49. The van der Waals surface area contributed by atoms with Crippen molar-refractivity contribution in [3.63, 3.8) is 0 Å². The monoisotopic (exact) mass is 339 g/mol. The van der Waals surface area contributed by atoms with Crippen LogP contribution >= 0.6 is 0 Å². The maximum atomic E-state index is 14.6. The molecule has 1 amide bonds. The van der Waals surface area contributed by atoms with Gasteiger partial charge in [-0.15, -0.1) is 0 Å². The average Bonchev–Trinajstić information content (AvgIpc) is 3.29. The number of hydrogen-bond donors (Lipinski definition) is 0. The first-order valence-corrected chi connectivity index (χ1v) is 8.42. The molecule has 2 heterocycles. The van der Waals surface area contributed by atoms with Crippen molar-refractivity contribution in [2.45, 2.75) is 31.7 Å². The fourth-order valence-corrected chi connectivity index (χ4v) is 3.37. The SMILES string of the molecule is CN(C(=O)c1ccc(-c2nc3ncccc3o2)c(F)c1)C1CCCC1.